The Morgan fingerprint density at radius 1 is 1.29 bits per heavy atom. The Labute approximate surface area is 163 Å². The molecule has 3 rings (SSSR count). The minimum absolute atomic E-state index is 0.242. The highest BCUT2D eigenvalue weighted by Crippen LogP contribution is 2.23. The molecule has 10 heteroatoms. The van der Waals surface area contributed by atoms with Gasteiger partial charge in [0.1, 0.15) is 11.2 Å². The van der Waals surface area contributed by atoms with Crippen LogP contribution in [-0.4, -0.2) is 58.9 Å². The number of pyridine rings is 1. The molecular formula is C18H24N4O5S. The number of amides is 1. The maximum atomic E-state index is 12.3. The summed E-state index contributed by atoms with van der Waals surface area (Å²) in [5.41, 5.74) is -0.490. The monoisotopic (exact) mass is 408 g/mol. The molecule has 1 aliphatic rings. The predicted molar refractivity (Wildman–Crippen MR) is 103 cm³/mol. The Balaban J connectivity index is 1.71. The topological polar surface area (TPSA) is 111 Å². The first kappa shape index (κ1) is 20.2. The highest BCUT2D eigenvalue weighted by atomic mass is 32.2. The molecule has 0 spiro atoms. The number of likely N-dealkylation sites (tertiary alicyclic amines) is 1. The standard InChI is InChI=1S/C18H24N4O5S/c1-18(2,3)27-17(24)21-10-12(11-21)7-8-22-14(23)6-5-13-9-19-16(20-15(13)22)28(4,25)26/h5-6,9,12H,7-8,10-11H2,1-4H3. The summed E-state index contributed by atoms with van der Waals surface area (Å²) in [6.45, 7) is 6.98. The van der Waals surface area contributed by atoms with E-state index < -0.39 is 15.4 Å². The molecule has 152 valence electrons. The van der Waals surface area contributed by atoms with Crippen LogP contribution in [0.4, 0.5) is 4.79 Å². The van der Waals surface area contributed by atoms with E-state index in [1.807, 2.05) is 20.8 Å². The number of sulfone groups is 1. The molecule has 9 nitrogen and oxygen atoms in total. The van der Waals surface area contributed by atoms with Gasteiger partial charge in [-0.15, -0.1) is 0 Å². The molecule has 2 aromatic heterocycles. The lowest BCUT2D eigenvalue weighted by Crippen LogP contribution is -2.51. The first-order valence-corrected chi connectivity index (χ1v) is 10.9. The summed E-state index contributed by atoms with van der Waals surface area (Å²) in [5, 5.41) is 0.287. The Hall–Kier alpha value is -2.49. The number of rotatable bonds is 4. The molecule has 0 atom stereocenters. The number of ether oxygens (including phenoxy) is 1. The fourth-order valence-corrected chi connectivity index (χ4v) is 3.49. The molecule has 2 aromatic rings. The normalized spacial score (nSPS) is 15.5. The van der Waals surface area contributed by atoms with E-state index in [-0.39, 0.29) is 22.7 Å². The van der Waals surface area contributed by atoms with Gasteiger partial charge in [0.15, 0.2) is 0 Å². The first-order valence-electron chi connectivity index (χ1n) is 8.98. The molecule has 1 fully saturated rings. The van der Waals surface area contributed by atoms with Crippen LogP contribution < -0.4 is 5.56 Å². The summed E-state index contributed by atoms with van der Waals surface area (Å²) in [4.78, 5) is 33.9. The van der Waals surface area contributed by atoms with Crippen LogP contribution in [0, 0.1) is 5.92 Å². The van der Waals surface area contributed by atoms with Gasteiger partial charge in [-0.1, -0.05) is 0 Å². The third kappa shape index (κ3) is 4.49. The minimum Gasteiger partial charge on any atom is -0.444 e. The third-order valence-electron chi connectivity index (χ3n) is 4.40. The third-order valence-corrected chi connectivity index (χ3v) is 5.26. The molecule has 0 saturated carbocycles. The van der Waals surface area contributed by atoms with E-state index in [1.165, 1.54) is 16.8 Å². The van der Waals surface area contributed by atoms with E-state index in [1.54, 1.807) is 11.0 Å². The van der Waals surface area contributed by atoms with Crippen LogP contribution in [0.1, 0.15) is 27.2 Å². The molecule has 1 saturated heterocycles. The minimum atomic E-state index is -3.58. The van der Waals surface area contributed by atoms with Gasteiger partial charge in [-0.3, -0.25) is 9.36 Å². The summed E-state index contributed by atoms with van der Waals surface area (Å²) in [6.07, 6.45) is 2.76. The van der Waals surface area contributed by atoms with Crippen LogP contribution in [0.2, 0.25) is 0 Å². The maximum Gasteiger partial charge on any atom is 0.410 e. The van der Waals surface area contributed by atoms with Crippen molar-refractivity contribution in [3.8, 4) is 0 Å². The number of hydrogen-bond donors (Lipinski definition) is 0. The summed E-state index contributed by atoms with van der Waals surface area (Å²) < 4.78 is 30.3. The molecule has 0 aromatic carbocycles. The van der Waals surface area contributed by atoms with Crippen LogP contribution in [0.15, 0.2) is 28.3 Å². The molecule has 1 aliphatic heterocycles. The predicted octanol–water partition coefficient (Wildman–Crippen LogP) is 1.45. The number of hydrogen-bond acceptors (Lipinski definition) is 7. The highest BCUT2D eigenvalue weighted by molar-refractivity contribution is 7.90. The van der Waals surface area contributed by atoms with Gasteiger partial charge in [0.2, 0.25) is 15.0 Å². The quantitative estimate of drug-likeness (QED) is 0.704. The van der Waals surface area contributed by atoms with Crippen LogP contribution in [0.3, 0.4) is 0 Å². The molecule has 0 unspecified atom stereocenters. The largest absolute Gasteiger partial charge is 0.444 e. The van der Waals surface area contributed by atoms with Gasteiger partial charge in [0.05, 0.1) is 0 Å². The van der Waals surface area contributed by atoms with E-state index >= 15 is 0 Å². The van der Waals surface area contributed by atoms with Crippen LogP contribution in [0.25, 0.3) is 11.0 Å². The zero-order valence-electron chi connectivity index (χ0n) is 16.4. The lowest BCUT2D eigenvalue weighted by molar-refractivity contribution is -0.00265. The molecule has 0 N–H and O–H groups in total. The fourth-order valence-electron chi connectivity index (χ4n) is 2.99. The number of aromatic nitrogens is 3. The van der Waals surface area contributed by atoms with Gasteiger partial charge in [-0.2, -0.15) is 4.98 Å². The van der Waals surface area contributed by atoms with Gasteiger partial charge in [0.25, 0.3) is 5.56 Å². The van der Waals surface area contributed by atoms with E-state index in [9.17, 15) is 18.0 Å². The molecule has 0 radical (unpaired) electrons. The second kappa shape index (κ2) is 7.16. The smallest absolute Gasteiger partial charge is 0.410 e. The number of carbonyl (C=O) groups excluding carboxylic acids is 1. The number of fused-ring (bicyclic) bond motifs is 1. The van der Waals surface area contributed by atoms with E-state index in [4.69, 9.17) is 4.74 Å². The van der Waals surface area contributed by atoms with Crippen molar-refractivity contribution in [2.75, 3.05) is 19.3 Å². The number of carbonyl (C=O) groups is 1. The summed E-state index contributed by atoms with van der Waals surface area (Å²) in [7, 11) is -3.58. The molecule has 3 heterocycles. The Morgan fingerprint density at radius 3 is 2.57 bits per heavy atom. The van der Waals surface area contributed by atoms with Gasteiger partial charge in [0, 0.05) is 43.5 Å². The number of aryl methyl sites for hydroxylation is 1. The van der Waals surface area contributed by atoms with Crippen LogP contribution in [-0.2, 0) is 21.1 Å². The second-order valence-corrected chi connectivity index (χ2v) is 9.98. The SMILES string of the molecule is CC(C)(C)OC(=O)N1CC(CCn2c(=O)ccc3cnc(S(C)(=O)=O)nc32)C1. The van der Waals surface area contributed by atoms with E-state index in [0.29, 0.717) is 37.1 Å². The zero-order valence-corrected chi connectivity index (χ0v) is 17.2. The van der Waals surface area contributed by atoms with Crippen molar-refractivity contribution in [3.63, 3.8) is 0 Å². The van der Waals surface area contributed by atoms with Gasteiger partial charge in [-0.25, -0.2) is 18.2 Å². The van der Waals surface area contributed by atoms with Crippen molar-refractivity contribution in [3.05, 3.63) is 28.7 Å². The first-order chi connectivity index (χ1) is 12.9. The number of nitrogens with zero attached hydrogens (tertiary/aromatic N) is 4. The summed E-state index contributed by atoms with van der Waals surface area (Å²) >= 11 is 0. The Morgan fingerprint density at radius 2 is 1.96 bits per heavy atom. The van der Waals surface area contributed by atoms with Crippen molar-refractivity contribution in [1.82, 2.24) is 19.4 Å². The lowest BCUT2D eigenvalue weighted by Gasteiger charge is -2.39. The Kier molecular flexibility index (Phi) is 5.18. The van der Waals surface area contributed by atoms with Crippen LogP contribution in [0.5, 0.6) is 0 Å². The van der Waals surface area contributed by atoms with Crippen LogP contribution >= 0.6 is 0 Å². The second-order valence-electron chi connectivity index (χ2n) is 8.07. The summed E-state index contributed by atoms with van der Waals surface area (Å²) in [6, 6.07) is 2.99. The molecule has 0 bridgehead atoms. The van der Waals surface area contributed by atoms with Crippen molar-refractivity contribution >= 4 is 27.0 Å². The maximum absolute atomic E-state index is 12.3. The van der Waals surface area contributed by atoms with Gasteiger partial charge in [-0.05, 0) is 39.2 Å². The highest BCUT2D eigenvalue weighted by Gasteiger charge is 2.33. The van der Waals surface area contributed by atoms with Crippen molar-refractivity contribution < 1.29 is 17.9 Å². The molecule has 0 aliphatic carbocycles. The average Bonchev–Trinajstić information content (AvgIpc) is 2.52. The van der Waals surface area contributed by atoms with E-state index in [0.717, 1.165) is 6.26 Å². The van der Waals surface area contributed by atoms with Gasteiger partial charge >= 0.3 is 6.09 Å². The fraction of sp³-hybridized carbons (Fsp3) is 0.556. The molecule has 1 amide bonds. The molecule has 28 heavy (non-hydrogen) atoms. The summed E-state index contributed by atoms with van der Waals surface area (Å²) in [5.74, 6) is 0.242. The van der Waals surface area contributed by atoms with Crippen molar-refractivity contribution in [2.24, 2.45) is 5.92 Å². The van der Waals surface area contributed by atoms with Crippen molar-refractivity contribution in [1.29, 1.82) is 0 Å². The zero-order chi connectivity index (χ0) is 20.7. The Bertz CT molecular complexity index is 1070. The average molecular weight is 408 g/mol. The van der Waals surface area contributed by atoms with Crippen molar-refractivity contribution in [2.45, 2.75) is 44.5 Å². The van der Waals surface area contributed by atoms with Gasteiger partial charge < -0.3 is 9.64 Å². The molecular weight excluding hydrogens is 384 g/mol. The lowest BCUT2D eigenvalue weighted by atomic mass is 9.97. The van der Waals surface area contributed by atoms with E-state index in [2.05, 4.69) is 9.97 Å².